The number of hydrogen-bond acceptors (Lipinski definition) is 2. The van der Waals surface area contributed by atoms with Crippen molar-refractivity contribution in [2.24, 2.45) is 0 Å². The minimum atomic E-state index is -0.669. The summed E-state index contributed by atoms with van der Waals surface area (Å²) >= 11 is 5.42. The zero-order valence-electron chi connectivity index (χ0n) is 5.77. The number of phenols is 1. The molecule has 11 heavy (non-hydrogen) atoms. The third-order valence-electron chi connectivity index (χ3n) is 1.19. The molecule has 0 aliphatic heterocycles. The van der Waals surface area contributed by atoms with Crippen LogP contribution in [0.5, 0.6) is 11.5 Å². The molecular formula is C7H6ClFO2. The molecule has 0 unspecified atom stereocenters. The molecule has 0 bridgehead atoms. The van der Waals surface area contributed by atoms with Crippen LogP contribution in [0.4, 0.5) is 4.39 Å². The van der Waals surface area contributed by atoms with Gasteiger partial charge in [-0.05, 0) is 6.07 Å². The minimum Gasteiger partial charge on any atom is -0.504 e. The SMILES string of the molecule is COc1c(O)cc(Cl)cc1F. The maximum atomic E-state index is 12.7. The molecule has 1 rings (SSSR count). The predicted octanol–water partition coefficient (Wildman–Crippen LogP) is 2.19. The van der Waals surface area contributed by atoms with Gasteiger partial charge in [-0.3, -0.25) is 0 Å². The molecule has 0 aliphatic rings. The van der Waals surface area contributed by atoms with E-state index in [1.807, 2.05) is 0 Å². The van der Waals surface area contributed by atoms with Crippen LogP contribution in [-0.2, 0) is 0 Å². The maximum Gasteiger partial charge on any atom is 0.196 e. The Labute approximate surface area is 68.2 Å². The van der Waals surface area contributed by atoms with E-state index in [9.17, 15) is 4.39 Å². The maximum absolute atomic E-state index is 12.7. The van der Waals surface area contributed by atoms with Crippen molar-refractivity contribution in [1.82, 2.24) is 0 Å². The highest BCUT2D eigenvalue weighted by molar-refractivity contribution is 6.30. The molecule has 1 N–H and O–H groups in total. The Kier molecular flexibility index (Phi) is 2.19. The summed E-state index contributed by atoms with van der Waals surface area (Å²) in [5, 5.41) is 9.16. The first-order chi connectivity index (χ1) is 5.15. The third kappa shape index (κ3) is 1.54. The molecule has 2 nitrogen and oxygen atoms in total. The van der Waals surface area contributed by atoms with Gasteiger partial charge in [-0.1, -0.05) is 11.6 Å². The van der Waals surface area contributed by atoms with E-state index in [0.717, 1.165) is 6.07 Å². The van der Waals surface area contributed by atoms with Gasteiger partial charge >= 0.3 is 0 Å². The van der Waals surface area contributed by atoms with E-state index < -0.39 is 5.82 Å². The van der Waals surface area contributed by atoms with Crippen molar-refractivity contribution in [3.8, 4) is 11.5 Å². The van der Waals surface area contributed by atoms with Gasteiger partial charge in [-0.2, -0.15) is 0 Å². The van der Waals surface area contributed by atoms with Gasteiger partial charge in [0.1, 0.15) is 0 Å². The van der Waals surface area contributed by atoms with Crippen molar-refractivity contribution in [2.75, 3.05) is 7.11 Å². The van der Waals surface area contributed by atoms with Crippen LogP contribution in [0.1, 0.15) is 0 Å². The molecule has 1 aromatic rings. The number of aromatic hydroxyl groups is 1. The average molecular weight is 177 g/mol. The second-order valence-electron chi connectivity index (χ2n) is 1.94. The first-order valence-electron chi connectivity index (χ1n) is 2.87. The summed E-state index contributed by atoms with van der Waals surface area (Å²) in [6.45, 7) is 0. The van der Waals surface area contributed by atoms with E-state index >= 15 is 0 Å². The molecule has 0 saturated heterocycles. The largest absolute Gasteiger partial charge is 0.504 e. The van der Waals surface area contributed by atoms with Gasteiger partial charge < -0.3 is 9.84 Å². The Morgan fingerprint density at radius 3 is 2.64 bits per heavy atom. The van der Waals surface area contributed by atoms with Crippen molar-refractivity contribution >= 4 is 11.6 Å². The van der Waals surface area contributed by atoms with Crippen LogP contribution in [0.25, 0.3) is 0 Å². The lowest BCUT2D eigenvalue weighted by atomic mass is 10.3. The van der Waals surface area contributed by atoms with Crippen molar-refractivity contribution in [2.45, 2.75) is 0 Å². The van der Waals surface area contributed by atoms with E-state index in [1.54, 1.807) is 0 Å². The van der Waals surface area contributed by atoms with Crippen LogP contribution in [0.15, 0.2) is 12.1 Å². The Morgan fingerprint density at radius 1 is 1.55 bits per heavy atom. The molecule has 1 aromatic carbocycles. The molecule has 0 fully saturated rings. The Hall–Kier alpha value is -0.960. The highest BCUT2D eigenvalue weighted by Gasteiger charge is 2.08. The normalized spacial score (nSPS) is 9.73. The van der Waals surface area contributed by atoms with E-state index in [0.29, 0.717) is 0 Å². The van der Waals surface area contributed by atoms with Gasteiger partial charge in [0.05, 0.1) is 7.11 Å². The summed E-state index contributed by atoms with van der Waals surface area (Å²) < 4.78 is 17.3. The predicted molar refractivity (Wildman–Crippen MR) is 39.6 cm³/mol. The minimum absolute atomic E-state index is 0.140. The van der Waals surface area contributed by atoms with Crippen LogP contribution >= 0.6 is 11.6 Å². The summed E-state index contributed by atoms with van der Waals surface area (Å²) in [5.74, 6) is -1.15. The number of halogens is 2. The van der Waals surface area contributed by atoms with Crippen LogP contribution in [0.3, 0.4) is 0 Å². The van der Waals surface area contributed by atoms with E-state index in [4.69, 9.17) is 16.7 Å². The smallest absolute Gasteiger partial charge is 0.196 e. The molecule has 0 radical (unpaired) electrons. The van der Waals surface area contributed by atoms with Gasteiger partial charge in [-0.25, -0.2) is 4.39 Å². The molecule has 0 saturated carbocycles. The summed E-state index contributed by atoms with van der Waals surface area (Å²) in [6.07, 6.45) is 0. The topological polar surface area (TPSA) is 29.5 Å². The molecule has 0 heterocycles. The zero-order valence-corrected chi connectivity index (χ0v) is 6.52. The second kappa shape index (κ2) is 2.96. The number of ether oxygens (including phenoxy) is 1. The average Bonchev–Trinajstić information content (AvgIpc) is 1.85. The van der Waals surface area contributed by atoms with Crippen molar-refractivity contribution < 1.29 is 14.2 Å². The fraction of sp³-hybridized carbons (Fsp3) is 0.143. The molecule has 0 aromatic heterocycles. The van der Waals surface area contributed by atoms with Crippen LogP contribution in [-0.4, -0.2) is 12.2 Å². The fourth-order valence-corrected chi connectivity index (χ4v) is 0.948. The monoisotopic (exact) mass is 176 g/mol. The summed E-state index contributed by atoms with van der Waals surface area (Å²) in [4.78, 5) is 0. The van der Waals surface area contributed by atoms with Crippen LogP contribution in [0, 0.1) is 5.82 Å². The number of hydrogen-bond donors (Lipinski definition) is 1. The van der Waals surface area contributed by atoms with E-state index in [-0.39, 0.29) is 16.5 Å². The Balaban J connectivity index is 3.25. The summed E-state index contributed by atoms with van der Waals surface area (Å²) in [7, 11) is 1.27. The van der Waals surface area contributed by atoms with Crippen molar-refractivity contribution in [3.63, 3.8) is 0 Å². The highest BCUT2D eigenvalue weighted by atomic mass is 35.5. The van der Waals surface area contributed by atoms with Crippen LogP contribution < -0.4 is 4.74 Å². The fourth-order valence-electron chi connectivity index (χ4n) is 0.749. The summed E-state index contributed by atoms with van der Waals surface area (Å²) in [5.41, 5.74) is 0. The van der Waals surface area contributed by atoms with Gasteiger partial charge in [-0.15, -0.1) is 0 Å². The lowest BCUT2D eigenvalue weighted by Gasteiger charge is -2.03. The number of methoxy groups -OCH3 is 1. The van der Waals surface area contributed by atoms with Gasteiger partial charge in [0.15, 0.2) is 17.3 Å². The van der Waals surface area contributed by atoms with E-state index in [2.05, 4.69) is 4.74 Å². The first-order valence-corrected chi connectivity index (χ1v) is 3.25. The van der Waals surface area contributed by atoms with Crippen LogP contribution in [0.2, 0.25) is 5.02 Å². The standard InChI is InChI=1S/C7H6ClFO2/c1-11-7-5(9)2-4(8)3-6(7)10/h2-3,10H,1H3. The molecule has 0 spiro atoms. The second-order valence-corrected chi connectivity index (χ2v) is 2.38. The molecule has 0 aliphatic carbocycles. The van der Waals surface area contributed by atoms with Gasteiger partial charge in [0.2, 0.25) is 0 Å². The first kappa shape index (κ1) is 8.14. The number of benzene rings is 1. The summed E-state index contributed by atoms with van der Waals surface area (Å²) in [6, 6.07) is 2.28. The van der Waals surface area contributed by atoms with Gasteiger partial charge in [0, 0.05) is 11.1 Å². The molecule has 4 heteroatoms. The zero-order chi connectivity index (χ0) is 8.43. The van der Waals surface area contributed by atoms with Gasteiger partial charge in [0.25, 0.3) is 0 Å². The molecule has 60 valence electrons. The Bertz CT molecular complexity index is 252. The molecule has 0 atom stereocenters. The van der Waals surface area contributed by atoms with Crippen molar-refractivity contribution in [1.29, 1.82) is 0 Å². The lowest BCUT2D eigenvalue weighted by molar-refractivity contribution is 0.351. The molecular weight excluding hydrogens is 171 g/mol. The number of phenolic OH excluding ortho intramolecular Hbond substituents is 1. The van der Waals surface area contributed by atoms with Crippen molar-refractivity contribution in [3.05, 3.63) is 23.0 Å². The molecule has 0 amide bonds. The van der Waals surface area contributed by atoms with E-state index in [1.165, 1.54) is 13.2 Å². The third-order valence-corrected chi connectivity index (χ3v) is 1.41. The quantitative estimate of drug-likeness (QED) is 0.711. The highest BCUT2D eigenvalue weighted by Crippen LogP contribution is 2.31. The Morgan fingerprint density at radius 2 is 2.18 bits per heavy atom. The number of rotatable bonds is 1. The lowest BCUT2D eigenvalue weighted by Crippen LogP contribution is -1.87.